The summed E-state index contributed by atoms with van der Waals surface area (Å²) in [4.78, 5) is 23.9. The fraction of sp³-hybridized carbons (Fsp3) is 0.0909. The van der Waals surface area contributed by atoms with Crippen molar-refractivity contribution in [2.24, 2.45) is 0 Å². The van der Waals surface area contributed by atoms with Gasteiger partial charge in [-0.05, 0) is 29.0 Å². The molecule has 0 aliphatic carbocycles. The molecule has 4 aromatic rings. The number of hydrogen-bond acceptors (Lipinski definition) is 4. The number of carbonyl (C=O) groups excluding carboxylic acids is 2. The molecule has 0 aliphatic heterocycles. The van der Waals surface area contributed by atoms with Crippen LogP contribution in [0.1, 0.15) is 11.7 Å². The maximum absolute atomic E-state index is 12.2. The Labute approximate surface area is 161 Å². The van der Waals surface area contributed by atoms with E-state index in [1.165, 1.54) is 11.5 Å². The van der Waals surface area contributed by atoms with Crippen LogP contribution in [0.3, 0.4) is 0 Å². The van der Waals surface area contributed by atoms with Crippen molar-refractivity contribution in [2.75, 3.05) is 12.0 Å². The molecule has 2 N–H and O–H groups in total. The van der Waals surface area contributed by atoms with Gasteiger partial charge in [-0.1, -0.05) is 48.5 Å². The number of benzene rings is 3. The number of nitrogens with zero attached hydrogens (tertiary/aromatic N) is 1. The van der Waals surface area contributed by atoms with Crippen molar-refractivity contribution < 1.29 is 14.3 Å². The molecule has 28 heavy (non-hydrogen) atoms. The molecule has 3 aromatic carbocycles. The van der Waals surface area contributed by atoms with Crippen molar-refractivity contribution >= 4 is 39.2 Å². The molecular weight excluding hydrogens is 354 g/mol. The first kappa shape index (κ1) is 17.6. The first-order valence-corrected chi connectivity index (χ1v) is 8.89. The van der Waals surface area contributed by atoms with Crippen molar-refractivity contribution in [1.29, 1.82) is 0 Å². The summed E-state index contributed by atoms with van der Waals surface area (Å²) < 4.78 is 7.12. The third-order valence-corrected chi connectivity index (χ3v) is 4.48. The minimum Gasteiger partial charge on any atom is -0.484 e. The van der Waals surface area contributed by atoms with Crippen LogP contribution in [0, 0.1) is 0 Å². The fourth-order valence-electron chi connectivity index (χ4n) is 3.12. The van der Waals surface area contributed by atoms with Gasteiger partial charge in [0.15, 0.2) is 6.61 Å². The summed E-state index contributed by atoms with van der Waals surface area (Å²) in [5.41, 5.74) is 6.91. The number of para-hydroxylation sites is 1. The lowest BCUT2D eigenvalue weighted by atomic mass is 10.1. The Morgan fingerprint density at radius 3 is 2.54 bits per heavy atom. The van der Waals surface area contributed by atoms with Crippen LogP contribution in [0.5, 0.6) is 5.75 Å². The minimum atomic E-state index is -0.326. The third kappa shape index (κ3) is 3.53. The zero-order valence-electron chi connectivity index (χ0n) is 15.3. The van der Waals surface area contributed by atoms with Crippen LogP contribution in [0.4, 0.5) is 5.69 Å². The van der Waals surface area contributed by atoms with Crippen LogP contribution in [-0.4, -0.2) is 23.0 Å². The van der Waals surface area contributed by atoms with Crippen LogP contribution in [0.25, 0.3) is 21.7 Å². The molecule has 4 rings (SSSR count). The Morgan fingerprint density at radius 1 is 0.964 bits per heavy atom. The van der Waals surface area contributed by atoms with E-state index in [2.05, 4.69) is 10.9 Å². The van der Waals surface area contributed by atoms with Crippen molar-refractivity contribution in [3.05, 3.63) is 72.9 Å². The van der Waals surface area contributed by atoms with Gasteiger partial charge in [0.2, 0.25) is 5.91 Å². The average Bonchev–Trinajstić information content (AvgIpc) is 3.10. The Kier molecular flexibility index (Phi) is 4.68. The summed E-state index contributed by atoms with van der Waals surface area (Å²) in [7, 11) is 0. The maximum atomic E-state index is 12.2. The molecule has 0 saturated heterocycles. The number of carbonyl (C=O) groups is 2. The Bertz CT molecular complexity index is 1180. The number of fused-ring (bicyclic) bond motifs is 2. The molecule has 0 radical (unpaired) electrons. The summed E-state index contributed by atoms with van der Waals surface area (Å²) in [6, 6.07) is 21.1. The molecule has 0 bridgehead atoms. The number of hydrazine groups is 1. The van der Waals surface area contributed by atoms with E-state index in [9.17, 15) is 9.59 Å². The standard InChI is InChI=1S/C22H19N3O3/c1-15(26)25-13-20(19-8-4-5-9-21(19)25)23-24-22(27)14-28-18-11-10-16-6-2-3-7-17(16)12-18/h2-13,23H,14H2,1H3,(H,24,27). The highest BCUT2D eigenvalue weighted by Gasteiger charge is 2.11. The van der Waals surface area contributed by atoms with E-state index < -0.39 is 0 Å². The molecule has 0 aliphatic rings. The summed E-state index contributed by atoms with van der Waals surface area (Å²) >= 11 is 0. The number of rotatable bonds is 5. The zero-order valence-corrected chi connectivity index (χ0v) is 15.3. The number of anilines is 1. The number of amides is 1. The van der Waals surface area contributed by atoms with Gasteiger partial charge in [0.25, 0.3) is 5.91 Å². The molecular formula is C22H19N3O3. The van der Waals surface area contributed by atoms with E-state index in [4.69, 9.17) is 4.74 Å². The summed E-state index contributed by atoms with van der Waals surface area (Å²) in [6.07, 6.45) is 1.66. The van der Waals surface area contributed by atoms with Crippen LogP contribution in [0.15, 0.2) is 72.9 Å². The molecule has 0 atom stereocenters. The predicted molar refractivity (Wildman–Crippen MR) is 109 cm³/mol. The Balaban J connectivity index is 1.40. The molecule has 6 heteroatoms. The number of hydrogen-bond donors (Lipinski definition) is 2. The summed E-state index contributed by atoms with van der Waals surface area (Å²) in [6.45, 7) is 1.36. The van der Waals surface area contributed by atoms with Gasteiger partial charge in [0, 0.05) is 18.5 Å². The first-order valence-electron chi connectivity index (χ1n) is 8.89. The molecule has 0 saturated carbocycles. The first-order chi connectivity index (χ1) is 13.6. The normalized spacial score (nSPS) is 10.8. The highest BCUT2D eigenvalue weighted by atomic mass is 16.5. The van der Waals surface area contributed by atoms with E-state index in [-0.39, 0.29) is 18.4 Å². The molecule has 1 heterocycles. The predicted octanol–water partition coefficient (Wildman–Crippen LogP) is 3.98. The number of aromatic nitrogens is 1. The quantitative estimate of drug-likeness (QED) is 0.519. The van der Waals surface area contributed by atoms with E-state index in [1.807, 2.05) is 66.7 Å². The van der Waals surface area contributed by atoms with Gasteiger partial charge in [-0.25, -0.2) is 0 Å². The lowest BCUT2D eigenvalue weighted by Crippen LogP contribution is -2.33. The maximum Gasteiger partial charge on any atom is 0.276 e. The zero-order chi connectivity index (χ0) is 19.5. The second-order valence-electron chi connectivity index (χ2n) is 6.42. The molecule has 1 aromatic heterocycles. The van der Waals surface area contributed by atoms with Crippen LogP contribution < -0.4 is 15.6 Å². The highest BCUT2D eigenvalue weighted by Crippen LogP contribution is 2.25. The lowest BCUT2D eigenvalue weighted by molar-refractivity contribution is -0.122. The van der Waals surface area contributed by atoms with Crippen molar-refractivity contribution in [3.63, 3.8) is 0 Å². The van der Waals surface area contributed by atoms with Gasteiger partial charge in [0.05, 0.1) is 11.2 Å². The van der Waals surface area contributed by atoms with E-state index in [1.54, 1.807) is 6.20 Å². The van der Waals surface area contributed by atoms with Gasteiger partial charge in [-0.15, -0.1) is 0 Å². The Hall–Kier alpha value is -3.80. The Morgan fingerprint density at radius 2 is 1.71 bits per heavy atom. The van der Waals surface area contributed by atoms with Gasteiger partial charge in [0.1, 0.15) is 5.75 Å². The largest absolute Gasteiger partial charge is 0.484 e. The second kappa shape index (κ2) is 7.44. The fourth-order valence-corrected chi connectivity index (χ4v) is 3.12. The third-order valence-electron chi connectivity index (χ3n) is 4.48. The molecule has 0 fully saturated rings. The number of ether oxygens (including phenoxy) is 1. The van der Waals surface area contributed by atoms with Crippen LogP contribution >= 0.6 is 0 Å². The highest BCUT2D eigenvalue weighted by molar-refractivity contribution is 5.99. The van der Waals surface area contributed by atoms with Crippen molar-refractivity contribution in [3.8, 4) is 5.75 Å². The molecule has 0 unspecified atom stereocenters. The molecule has 0 spiro atoms. The summed E-state index contributed by atoms with van der Waals surface area (Å²) in [5.74, 6) is 0.199. The van der Waals surface area contributed by atoms with E-state index >= 15 is 0 Å². The topological polar surface area (TPSA) is 72.4 Å². The van der Waals surface area contributed by atoms with Crippen molar-refractivity contribution in [2.45, 2.75) is 6.92 Å². The van der Waals surface area contributed by atoms with Crippen molar-refractivity contribution in [1.82, 2.24) is 9.99 Å². The molecule has 6 nitrogen and oxygen atoms in total. The summed E-state index contributed by atoms with van der Waals surface area (Å²) in [5, 5.41) is 3.01. The van der Waals surface area contributed by atoms with Gasteiger partial charge in [-0.2, -0.15) is 0 Å². The smallest absolute Gasteiger partial charge is 0.276 e. The van der Waals surface area contributed by atoms with E-state index in [0.717, 1.165) is 21.7 Å². The van der Waals surface area contributed by atoms with Gasteiger partial charge in [-0.3, -0.25) is 25.0 Å². The number of nitrogens with one attached hydrogen (secondary N) is 2. The second-order valence-corrected chi connectivity index (χ2v) is 6.42. The SMILES string of the molecule is CC(=O)n1cc(NNC(=O)COc2ccc3ccccc3c2)c2ccccc21. The van der Waals surface area contributed by atoms with Gasteiger partial charge < -0.3 is 4.74 Å². The monoisotopic (exact) mass is 373 g/mol. The van der Waals surface area contributed by atoms with Gasteiger partial charge >= 0.3 is 0 Å². The minimum absolute atomic E-state index is 0.102. The molecule has 1 amide bonds. The van der Waals surface area contributed by atoms with Crippen LogP contribution in [0.2, 0.25) is 0 Å². The van der Waals surface area contributed by atoms with Crippen LogP contribution in [-0.2, 0) is 4.79 Å². The van der Waals surface area contributed by atoms with E-state index in [0.29, 0.717) is 11.4 Å². The molecule has 140 valence electrons. The lowest BCUT2D eigenvalue weighted by Gasteiger charge is -2.09. The average molecular weight is 373 g/mol.